The van der Waals surface area contributed by atoms with Crippen LogP contribution in [0.1, 0.15) is 46.0 Å². The van der Waals surface area contributed by atoms with Crippen LogP contribution in [0, 0.1) is 0 Å². The summed E-state index contributed by atoms with van der Waals surface area (Å²) >= 11 is 0. The first-order valence-electron chi connectivity index (χ1n) is 4.87. The van der Waals surface area contributed by atoms with Gasteiger partial charge in [0.1, 0.15) is 6.29 Å². The van der Waals surface area contributed by atoms with Crippen molar-refractivity contribution in [2.45, 2.75) is 51.6 Å². The summed E-state index contributed by atoms with van der Waals surface area (Å²) in [6, 6.07) is 0. The van der Waals surface area contributed by atoms with Crippen LogP contribution in [0.25, 0.3) is 0 Å². The molecule has 0 rings (SSSR count). The molecule has 0 aromatic carbocycles. The standard InChI is InChI=1S/C11H20O2/c1-11(2,13)9-7-5-3-4-6-8-10-12/h3-4,10,13H,5-9H2,1-2H3/b4-3+. The molecule has 0 unspecified atom stereocenters. The van der Waals surface area contributed by atoms with Gasteiger partial charge in [0, 0.05) is 6.42 Å². The maximum atomic E-state index is 9.96. The molecule has 0 saturated heterocycles. The second kappa shape index (κ2) is 6.84. The Morgan fingerprint density at radius 2 is 1.77 bits per heavy atom. The van der Waals surface area contributed by atoms with E-state index < -0.39 is 5.60 Å². The summed E-state index contributed by atoms with van der Waals surface area (Å²) in [5.74, 6) is 0. The van der Waals surface area contributed by atoms with Gasteiger partial charge in [-0.15, -0.1) is 0 Å². The van der Waals surface area contributed by atoms with Crippen LogP contribution in [0.5, 0.6) is 0 Å². The Morgan fingerprint density at radius 1 is 1.15 bits per heavy atom. The molecule has 0 aliphatic carbocycles. The van der Waals surface area contributed by atoms with Gasteiger partial charge in [-0.2, -0.15) is 0 Å². The molecule has 0 aliphatic heterocycles. The topological polar surface area (TPSA) is 37.3 Å². The molecule has 1 N–H and O–H groups in total. The SMILES string of the molecule is CC(C)(O)CCC/C=C/CCC=O. The average Bonchev–Trinajstić information content (AvgIpc) is 2.01. The van der Waals surface area contributed by atoms with Gasteiger partial charge >= 0.3 is 0 Å². The summed E-state index contributed by atoms with van der Waals surface area (Å²) in [6.07, 6.45) is 9.30. The number of carbonyl (C=O) groups is 1. The molecule has 13 heavy (non-hydrogen) atoms. The Balaban J connectivity index is 3.25. The van der Waals surface area contributed by atoms with Crippen molar-refractivity contribution < 1.29 is 9.90 Å². The molecule has 0 spiro atoms. The predicted octanol–water partition coefficient (Wildman–Crippen LogP) is 2.46. The summed E-state index contributed by atoms with van der Waals surface area (Å²) in [5, 5.41) is 9.39. The van der Waals surface area contributed by atoms with Gasteiger partial charge in [-0.05, 0) is 39.5 Å². The first kappa shape index (κ1) is 12.4. The normalized spacial score (nSPS) is 12.2. The minimum Gasteiger partial charge on any atom is -0.390 e. The minimum absolute atomic E-state index is 0.545. The van der Waals surface area contributed by atoms with Crippen LogP contribution in [0.3, 0.4) is 0 Å². The van der Waals surface area contributed by atoms with E-state index >= 15 is 0 Å². The van der Waals surface area contributed by atoms with Gasteiger partial charge in [-0.1, -0.05) is 12.2 Å². The Bertz CT molecular complexity index is 154. The average molecular weight is 184 g/mol. The van der Waals surface area contributed by atoms with Gasteiger partial charge in [-0.3, -0.25) is 0 Å². The van der Waals surface area contributed by atoms with E-state index in [-0.39, 0.29) is 0 Å². The molecule has 0 radical (unpaired) electrons. The lowest BCUT2D eigenvalue weighted by atomic mass is 10.0. The van der Waals surface area contributed by atoms with Crippen molar-refractivity contribution in [2.75, 3.05) is 0 Å². The van der Waals surface area contributed by atoms with Crippen LogP contribution >= 0.6 is 0 Å². The van der Waals surface area contributed by atoms with Gasteiger partial charge in [0.05, 0.1) is 5.60 Å². The molecule has 0 atom stereocenters. The maximum Gasteiger partial charge on any atom is 0.120 e. The first-order chi connectivity index (χ1) is 6.06. The quantitative estimate of drug-likeness (QED) is 0.375. The van der Waals surface area contributed by atoms with Gasteiger partial charge in [0.2, 0.25) is 0 Å². The van der Waals surface area contributed by atoms with Crippen molar-refractivity contribution >= 4 is 6.29 Å². The highest BCUT2D eigenvalue weighted by Gasteiger charge is 2.10. The lowest BCUT2D eigenvalue weighted by molar-refractivity contribution is -0.107. The molecular formula is C11H20O2. The third-order valence-electron chi connectivity index (χ3n) is 1.78. The van der Waals surface area contributed by atoms with E-state index in [1.807, 2.05) is 19.9 Å². The molecule has 2 nitrogen and oxygen atoms in total. The lowest BCUT2D eigenvalue weighted by Gasteiger charge is -2.15. The largest absolute Gasteiger partial charge is 0.390 e. The Morgan fingerprint density at radius 3 is 2.31 bits per heavy atom. The third kappa shape index (κ3) is 11.4. The molecule has 0 aromatic rings. The minimum atomic E-state index is -0.545. The molecule has 2 heteroatoms. The van der Waals surface area contributed by atoms with Crippen molar-refractivity contribution in [1.82, 2.24) is 0 Å². The highest BCUT2D eigenvalue weighted by Crippen LogP contribution is 2.12. The Labute approximate surface area is 80.7 Å². The second-order valence-electron chi connectivity index (χ2n) is 3.92. The predicted molar refractivity (Wildman–Crippen MR) is 54.6 cm³/mol. The summed E-state index contributed by atoms with van der Waals surface area (Å²) < 4.78 is 0. The van der Waals surface area contributed by atoms with Crippen LogP contribution < -0.4 is 0 Å². The fourth-order valence-corrected chi connectivity index (χ4v) is 1.05. The number of hydrogen-bond acceptors (Lipinski definition) is 2. The number of allylic oxidation sites excluding steroid dienone is 2. The van der Waals surface area contributed by atoms with Crippen LogP contribution in [-0.4, -0.2) is 17.0 Å². The van der Waals surface area contributed by atoms with Gasteiger partial charge in [0.15, 0.2) is 0 Å². The van der Waals surface area contributed by atoms with Gasteiger partial charge in [0.25, 0.3) is 0 Å². The van der Waals surface area contributed by atoms with Crippen LogP contribution in [0.15, 0.2) is 12.2 Å². The van der Waals surface area contributed by atoms with Crippen LogP contribution in [-0.2, 0) is 4.79 Å². The first-order valence-corrected chi connectivity index (χ1v) is 4.87. The highest BCUT2D eigenvalue weighted by molar-refractivity contribution is 5.49. The van der Waals surface area contributed by atoms with E-state index in [9.17, 15) is 9.90 Å². The number of rotatable bonds is 7. The number of hydrogen-bond donors (Lipinski definition) is 1. The van der Waals surface area contributed by atoms with E-state index in [1.165, 1.54) is 0 Å². The fourth-order valence-electron chi connectivity index (χ4n) is 1.05. The summed E-state index contributed by atoms with van der Waals surface area (Å²) in [6.45, 7) is 3.65. The molecule has 0 bridgehead atoms. The zero-order valence-electron chi connectivity index (χ0n) is 8.62. The van der Waals surface area contributed by atoms with Crippen molar-refractivity contribution in [3.05, 3.63) is 12.2 Å². The summed E-state index contributed by atoms with van der Waals surface area (Å²) in [5.41, 5.74) is -0.545. The van der Waals surface area contributed by atoms with E-state index in [1.54, 1.807) is 0 Å². The van der Waals surface area contributed by atoms with Crippen LogP contribution in [0.2, 0.25) is 0 Å². The number of carbonyl (C=O) groups excluding carboxylic acids is 1. The van der Waals surface area contributed by atoms with E-state index in [4.69, 9.17) is 0 Å². The van der Waals surface area contributed by atoms with Crippen molar-refractivity contribution in [3.63, 3.8) is 0 Å². The van der Waals surface area contributed by atoms with E-state index in [0.29, 0.717) is 6.42 Å². The van der Waals surface area contributed by atoms with Crippen molar-refractivity contribution in [2.24, 2.45) is 0 Å². The van der Waals surface area contributed by atoms with E-state index in [0.717, 1.165) is 32.0 Å². The summed E-state index contributed by atoms with van der Waals surface area (Å²) in [4.78, 5) is 9.96. The molecule has 0 aromatic heterocycles. The van der Waals surface area contributed by atoms with Gasteiger partial charge in [-0.25, -0.2) is 0 Å². The lowest BCUT2D eigenvalue weighted by Crippen LogP contribution is -2.17. The molecule has 0 fully saturated rings. The third-order valence-corrected chi connectivity index (χ3v) is 1.78. The van der Waals surface area contributed by atoms with E-state index in [2.05, 4.69) is 6.08 Å². The van der Waals surface area contributed by atoms with Crippen molar-refractivity contribution in [3.8, 4) is 0 Å². The number of aldehydes is 1. The summed E-state index contributed by atoms with van der Waals surface area (Å²) in [7, 11) is 0. The molecule has 0 saturated carbocycles. The Hall–Kier alpha value is -0.630. The number of unbranched alkanes of at least 4 members (excludes halogenated alkanes) is 2. The molecule has 76 valence electrons. The molecule has 0 heterocycles. The monoisotopic (exact) mass is 184 g/mol. The number of aliphatic hydroxyl groups is 1. The molecule has 0 aliphatic rings. The molecule has 0 amide bonds. The maximum absolute atomic E-state index is 9.96. The fraction of sp³-hybridized carbons (Fsp3) is 0.727. The highest BCUT2D eigenvalue weighted by atomic mass is 16.3. The second-order valence-corrected chi connectivity index (χ2v) is 3.92. The van der Waals surface area contributed by atoms with Gasteiger partial charge < -0.3 is 9.90 Å². The Kier molecular flexibility index (Phi) is 6.51. The zero-order chi connectivity index (χ0) is 10.2. The zero-order valence-corrected chi connectivity index (χ0v) is 8.62. The smallest absolute Gasteiger partial charge is 0.120 e. The van der Waals surface area contributed by atoms with Crippen molar-refractivity contribution in [1.29, 1.82) is 0 Å². The van der Waals surface area contributed by atoms with Crippen LogP contribution in [0.4, 0.5) is 0 Å². The molecular weight excluding hydrogens is 164 g/mol.